The Morgan fingerprint density at radius 1 is 1.11 bits per heavy atom. The van der Waals surface area contributed by atoms with Crippen LogP contribution in [0.4, 0.5) is 0 Å². The lowest BCUT2D eigenvalue weighted by molar-refractivity contribution is 1.41. The van der Waals surface area contributed by atoms with Gasteiger partial charge in [-0.2, -0.15) is 0 Å². The van der Waals surface area contributed by atoms with Crippen LogP contribution in [0, 0.1) is 0 Å². The molecular weight excluding hydrogens is 132 g/mol. The molecule has 0 unspecified atom stereocenters. The molecule has 0 radical (unpaired) electrons. The summed E-state index contributed by atoms with van der Waals surface area (Å²) in [6, 6.07) is 9.96. The molecule has 0 aromatic heterocycles. The van der Waals surface area contributed by atoms with E-state index in [1.807, 2.05) is 30.3 Å². The Labute approximate surface area is 61.5 Å². The molecule has 1 rings (SSSR count). The quantitative estimate of drug-likeness (QED) is 0.529. The summed E-state index contributed by atoms with van der Waals surface area (Å²) >= 11 is 5.53. The minimum atomic E-state index is 0. The fourth-order valence-electron chi connectivity index (χ4n) is 0.567. The summed E-state index contributed by atoms with van der Waals surface area (Å²) in [6.45, 7) is 0. The van der Waals surface area contributed by atoms with Crippen molar-refractivity contribution < 1.29 is 0 Å². The molecule has 1 aromatic carbocycles. The van der Waals surface area contributed by atoms with Crippen LogP contribution in [0.1, 0.15) is 13.0 Å². The molecule has 0 spiro atoms. The summed E-state index contributed by atoms with van der Waals surface area (Å²) in [4.78, 5) is 0. The van der Waals surface area contributed by atoms with E-state index in [-0.39, 0.29) is 7.43 Å². The van der Waals surface area contributed by atoms with Crippen LogP contribution in [-0.4, -0.2) is 0 Å². The highest BCUT2D eigenvalue weighted by Gasteiger charge is 1.81. The van der Waals surface area contributed by atoms with Crippen molar-refractivity contribution in [3.8, 4) is 0 Å². The second kappa shape index (κ2) is 4.39. The Kier molecular flexibility index (Phi) is 4.16. The van der Waals surface area contributed by atoms with Gasteiger partial charge in [0.1, 0.15) is 0 Å². The van der Waals surface area contributed by atoms with Crippen molar-refractivity contribution >= 4 is 11.6 Å². The first-order valence-electron chi connectivity index (χ1n) is 2.53. The number of halogens is 1. The molecule has 0 amide bonds. The number of benzene rings is 1. The predicted molar refractivity (Wildman–Crippen MR) is 42.7 cm³/mol. The highest BCUT2D eigenvalue weighted by Crippen LogP contribution is 2.00. The zero-order valence-corrected chi connectivity index (χ0v) is 5.23. The normalized spacial score (nSPS) is 8.11. The Morgan fingerprint density at radius 2 is 1.67 bits per heavy atom. The molecule has 0 heterocycles. The lowest BCUT2D eigenvalue weighted by atomic mass is 10.2. The molecule has 1 heteroatoms. The predicted octanol–water partition coefficient (Wildman–Crippen LogP) is 3.06. The maximum absolute atomic E-state index is 5.53. The van der Waals surface area contributed by atoms with Gasteiger partial charge < -0.3 is 0 Å². The molecule has 0 aliphatic rings. The van der Waals surface area contributed by atoms with Gasteiger partial charge in [0.05, 0.1) is 0 Å². The van der Waals surface area contributed by atoms with Crippen molar-refractivity contribution in [1.82, 2.24) is 0 Å². The second-order valence-electron chi connectivity index (χ2n) is 1.62. The number of rotatable bonds is 1. The van der Waals surface area contributed by atoms with Gasteiger partial charge in [-0.3, -0.25) is 0 Å². The van der Waals surface area contributed by atoms with Crippen molar-refractivity contribution in [1.29, 1.82) is 0 Å². The van der Waals surface area contributed by atoms with Gasteiger partial charge in [0.2, 0.25) is 0 Å². The fourth-order valence-corrected chi connectivity index (χ4v) is 0.745. The summed E-state index contributed by atoms with van der Waals surface area (Å²) in [5.74, 6) is 0.612. The van der Waals surface area contributed by atoms with Crippen molar-refractivity contribution in [2.24, 2.45) is 0 Å². The van der Waals surface area contributed by atoms with Gasteiger partial charge in [-0.05, 0) is 5.56 Å². The highest BCUT2D eigenvalue weighted by molar-refractivity contribution is 6.17. The van der Waals surface area contributed by atoms with Gasteiger partial charge in [-0.15, -0.1) is 11.6 Å². The summed E-state index contributed by atoms with van der Waals surface area (Å²) in [5.41, 5.74) is 1.18. The van der Waals surface area contributed by atoms with Crippen molar-refractivity contribution in [3.05, 3.63) is 35.9 Å². The molecule has 0 saturated carbocycles. The number of hydrogen-bond acceptors (Lipinski definition) is 0. The second-order valence-corrected chi connectivity index (χ2v) is 1.89. The molecule has 1 aromatic rings. The third-order valence-electron chi connectivity index (χ3n) is 0.997. The van der Waals surface area contributed by atoms with Gasteiger partial charge in [0.25, 0.3) is 0 Å². The van der Waals surface area contributed by atoms with Crippen LogP contribution in [0.3, 0.4) is 0 Å². The highest BCUT2D eigenvalue weighted by atomic mass is 35.5. The van der Waals surface area contributed by atoms with E-state index in [2.05, 4.69) is 0 Å². The molecule has 0 aliphatic carbocycles. The molecule has 0 saturated heterocycles. The van der Waals surface area contributed by atoms with Crippen molar-refractivity contribution in [2.45, 2.75) is 13.3 Å². The summed E-state index contributed by atoms with van der Waals surface area (Å²) in [7, 11) is 0. The van der Waals surface area contributed by atoms with E-state index in [9.17, 15) is 0 Å². The van der Waals surface area contributed by atoms with Crippen LogP contribution in [0.15, 0.2) is 30.3 Å². The minimum Gasteiger partial charge on any atom is -0.122 e. The standard InChI is InChI=1S/C7H7Cl.CH4/c8-6-7-4-2-1-3-5-7;/h1-5H,6H2;1H4. The number of hydrogen-bond donors (Lipinski definition) is 0. The van der Waals surface area contributed by atoms with Gasteiger partial charge in [-0.25, -0.2) is 0 Å². The van der Waals surface area contributed by atoms with Gasteiger partial charge in [0, 0.05) is 5.88 Å². The molecule has 50 valence electrons. The third-order valence-corrected chi connectivity index (χ3v) is 1.31. The summed E-state index contributed by atoms with van der Waals surface area (Å²) in [6.07, 6.45) is 0. The first kappa shape index (κ1) is 8.51. The SMILES string of the molecule is C.ClCc1ccccc1. The zero-order chi connectivity index (χ0) is 5.82. The van der Waals surface area contributed by atoms with Crippen LogP contribution >= 0.6 is 11.6 Å². The molecule has 0 bridgehead atoms. The molecular formula is C8H11Cl. The van der Waals surface area contributed by atoms with E-state index in [1.54, 1.807) is 0 Å². The monoisotopic (exact) mass is 142 g/mol. The molecule has 0 atom stereocenters. The van der Waals surface area contributed by atoms with E-state index in [0.717, 1.165) is 0 Å². The van der Waals surface area contributed by atoms with Crippen molar-refractivity contribution in [3.63, 3.8) is 0 Å². The third kappa shape index (κ3) is 2.52. The van der Waals surface area contributed by atoms with E-state index < -0.39 is 0 Å². The first-order valence-corrected chi connectivity index (χ1v) is 3.07. The Morgan fingerprint density at radius 3 is 2.00 bits per heavy atom. The summed E-state index contributed by atoms with van der Waals surface area (Å²) < 4.78 is 0. The average Bonchev–Trinajstić information content (AvgIpc) is 1.90. The zero-order valence-electron chi connectivity index (χ0n) is 4.47. The topological polar surface area (TPSA) is 0 Å². The van der Waals surface area contributed by atoms with Crippen molar-refractivity contribution in [2.75, 3.05) is 0 Å². The lowest BCUT2D eigenvalue weighted by Crippen LogP contribution is -1.71. The molecule has 0 fully saturated rings. The Bertz CT molecular complexity index is 146. The molecule has 0 N–H and O–H groups in total. The van der Waals surface area contributed by atoms with E-state index in [4.69, 9.17) is 11.6 Å². The maximum atomic E-state index is 5.53. The maximum Gasteiger partial charge on any atom is 0.0474 e. The summed E-state index contributed by atoms with van der Waals surface area (Å²) in [5, 5.41) is 0. The molecule has 0 nitrogen and oxygen atoms in total. The van der Waals surface area contributed by atoms with Crippen LogP contribution in [0.25, 0.3) is 0 Å². The largest absolute Gasteiger partial charge is 0.122 e. The molecule has 0 aliphatic heterocycles. The first-order chi connectivity index (χ1) is 3.93. The van der Waals surface area contributed by atoms with Gasteiger partial charge >= 0.3 is 0 Å². The van der Waals surface area contributed by atoms with E-state index >= 15 is 0 Å². The van der Waals surface area contributed by atoms with E-state index in [0.29, 0.717) is 5.88 Å². The Balaban J connectivity index is 0.000000640. The fraction of sp³-hybridized carbons (Fsp3) is 0.250. The smallest absolute Gasteiger partial charge is 0.0474 e. The van der Waals surface area contributed by atoms with Crippen LogP contribution in [0.2, 0.25) is 0 Å². The number of alkyl halides is 1. The molecule has 9 heavy (non-hydrogen) atoms. The van der Waals surface area contributed by atoms with Crippen LogP contribution in [-0.2, 0) is 5.88 Å². The van der Waals surface area contributed by atoms with Gasteiger partial charge in [0.15, 0.2) is 0 Å². The van der Waals surface area contributed by atoms with Crippen LogP contribution < -0.4 is 0 Å². The average molecular weight is 143 g/mol. The minimum absolute atomic E-state index is 0. The van der Waals surface area contributed by atoms with E-state index in [1.165, 1.54) is 5.56 Å². The van der Waals surface area contributed by atoms with Gasteiger partial charge in [-0.1, -0.05) is 37.8 Å². The Hall–Kier alpha value is -0.490. The lowest BCUT2D eigenvalue weighted by Gasteiger charge is -1.88. The van der Waals surface area contributed by atoms with Crippen LogP contribution in [0.5, 0.6) is 0 Å².